The van der Waals surface area contributed by atoms with Gasteiger partial charge in [-0.25, -0.2) is 0 Å². The third-order valence-electron chi connectivity index (χ3n) is 6.66. The van der Waals surface area contributed by atoms with Crippen LogP contribution in [0.2, 0.25) is 0 Å². The molecule has 1 atom stereocenters. The van der Waals surface area contributed by atoms with E-state index in [2.05, 4.69) is 42.4 Å². The van der Waals surface area contributed by atoms with Crippen LogP contribution in [-0.2, 0) is 24.7 Å². The van der Waals surface area contributed by atoms with E-state index in [-0.39, 0.29) is 17.1 Å². The summed E-state index contributed by atoms with van der Waals surface area (Å²) >= 11 is 2.85. The molecule has 1 aliphatic carbocycles. The van der Waals surface area contributed by atoms with Crippen molar-refractivity contribution in [1.82, 2.24) is 14.8 Å². The molecule has 190 valence electrons. The average Bonchev–Trinajstić information content (AvgIpc) is 3.40. The first-order chi connectivity index (χ1) is 17.2. The predicted octanol–water partition coefficient (Wildman–Crippen LogP) is 5.31. The maximum atomic E-state index is 12.8. The summed E-state index contributed by atoms with van der Waals surface area (Å²) in [5, 5.41) is 22.6. The first kappa shape index (κ1) is 26.0. The number of aromatic nitrogens is 3. The van der Waals surface area contributed by atoms with Gasteiger partial charge in [0.1, 0.15) is 11.1 Å². The Hall–Kier alpha value is -3.03. The smallest absolute Gasteiger partial charge is 0.235 e. The number of anilines is 1. The average molecular weight is 526 g/mol. The van der Waals surface area contributed by atoms with Crippen molar-refractivity contribution in [2.75, 3.05) is 25.3 Å². The van der Waals surface area contributed by atoms with E-state index in [0.29, 0.717) is 39.0 Å². The minimum absolute atomic E-state index is 0.163. The number of hydrogen-bond donors (Lipinski definition) is 1. The normalized spacial score (nSPS) is 15.2. The zero-order chi connectivity index (χ0) is 26.0. The number of benzene rings is 1. The molecule has 3 aromatic rings. The van der Waals surface area contributed by atoms with Crippen LogP contribution in [0.15, 0.2) is 23.4 Å². The summed E-state index contributed by atoms with van der Waals surface area (Å²) in [6, 6.07) is 7.88. The highest BCUT2D eigenvalue weighted by Gasteiger charge is 2.32. The van der Waals surface area contributed by atoms with Crippen LogP contribution in [0.1, 0.15) is 43.2 Å². The number of hydrogen-bond acceptors (Lipinski definition) is 8. The number of carbonyl (C=O) groups is 1. The molecule has 0 saturated heterocycles. The standard InChI is InChI=1S/C26H31N5O3S2/c1-26(2,3)16-8-9-17-18(13-27)24(36-21(17)12-16)28-22(32)14-35-25-30-29-23(31(25)4)15-7-10-19(33-5)20(11-15)34-6/h7,10-11,16H,8-9,12,14H2,1-6H3,(H,28,32). The summed E-state index contributed by atoms with van der Waals surface area (Å²) in [4.78, 5) is 14.0. The highest BCUT2D eigenvalue weighted by Crippen LogP contribution is 2.44. The second-order valence-corrected chi connectivity index (χ2v) is 11.9. The Balaban J connectivity index is 1.44. The highest BCUT2D eigenvalue weighted by atomic mass is 32.2. The van der Waals surface area contributed by atoms with Crippen LogP contribution in [-0.4, -0.2) is 40.6 Å². The Kier molecular flexibility index (Phi) is 7.62. The van der Waals surface area contributed by atoms with Gasteiger partial charge in [-0.1, -0.05) is 32.5 Å². The number of nitrogens with zero attached hydrogens (tertiary/aromatic N) is 4. The lowest BCUT2D eigenvalue weighted by atomic mass is 9.72. The Morgan fingerprint density at radius 1 is 1.28 bits per heavy atom. The third-order valence-corrected chi connectivity index (χ3v) is 8.85. The van der Waals surface area contributed by atoms with Crippen LogP contribution in [0.5, 0.6) is 11.5 Å². The molecular weight excluding hydrogens is 494 g/mol. The second-order valence-electron chi connectivity index (χ2n) is 9.90. The molecule has 0 fully saturated rings. The molecule has 0 radical (unpaired) electrons. The van der Waals surface area contributed by atoms with Crippen molar-refractivity contribution in [3.8, 4) is 29.0 Å². The van der Waals surface area contributed by atoms with E-state index in [4.69, 9.17) is 9.47 Å². The number of thioether (sulfide) groups is 1. The molecule has 0 aliphatic heterocycles. The third kappa shape index (κ3) is 5.22. The molecule has 1 unspecified atom stereocenters. The molecule has 1 aromatic carbocycles. The Bertz CT molecular complexity index is 1320. The van der Waals surface area contributed by atoms with Gasteiger partial charge in [-0.3, -0.25) is 4.79 Å². The summed E-state index contributed by atoms with van der Waals surface area (Å²) < 4.78 is 12.5. The molecule has 2 aromatic heterocycles. The van der Waals surface area contributed by atoms with Gasteiger partial charge in [0.05, 0.1) is 25.5 Å². The van der Waals surface area contributed by atoms with Crippen molar-refractivity contribution in [2.24, 2.45) is 18.4 Å². The molecule has 2 heterocycles. The largest absolute Gasteiger partial charge is 0.493 e. The number of nitrogens with one attached hydrogen (secondary N) is 1. The quantitative estimate of drug-likeness (QED) is 0.417. The summed E-state index contributed by atoms with van der Waals surface area (Å²) in [5.74, 6) is 2.46. The van der Waals surface area contributed by atoms with Crippen molar-refractivity contribution >= 4 is 34.0 Å². The van der Waals surface area contributed by atoms with Gasteiger partial charge in [-0.05, 0) is 54.4 Å². The number of methoxy groups -OCH3 is 2. The van der Waals surface area contributed by atoms with Crippen LogP contribution in [0.4, 0.5) is 5.00 Å². The summed E-state index contributed by atoms with van der Waals surface area (Å²) in [6.07, 6.45) is 2.92. The van der Waals surface area contributed by atoms with E-state index in [1.807, 2.05) is 29.8 Å². The minimum atomic E-state index is -0.168. The van der Waals surface area contributed by atoms with Gasteiger partial charge in [0, 0.05) is 17.5 Å². The number of rotatable bonds is 7. The molecule has 10 heteroatoms. The fourth-order valence-corrected chi connectivity index (χ4v) is 6.50. The minimum Gasteiger partial charge on any atom is -0.493 e. The lowest BCUT2D eigenvalue weighted by Gasteiger charge is -2.33. The highest BCUT2D eigenvalue weighted by molar-refractivity contribution is 7.99. The fourth-order valence-electron chi connectivity index (χ4n) is 4.49. The zero-order valence-corrected chi connectivity index (χ0v) is 23.1. The summed E-state index contributed by atoms with van der Waals surface area (Å²) in [7, 11) is 5.04. The Morgan fingerprint density at radius 3 is 2.69 bits per heavy atom. The van der Waals surface area contributed by atoms with Gasteiger partial charge in [-0.15, -0.1) is 21.5 Å². The molecule has 1 amide bonds. The second kappa shape index (κ2) is 10.5. The van der Waals surface area contributed by atoms with Crippen molar-refractivity contribution in [1.29, 1.82) is 5.26 Å². The Morgan fingerprint density at radius 2 is 2.03 bits per heavy atom. The van der Waals surface area contributed by atoms with E-state index < -0.39 is 0 Å². The van der Waals surface area contributed by atoms with Crippen LogP contribution in [0.25, 0.3) is 11.4 Å². The maximum absolute atomic E-state index is 12.8. The molecule has 1 N–H and O–H groups in total. The lowest BCUT2D eigenvalue weighted by Crippen LogP contribution is -2.26. The van der Waals surface area contributed by atoms with E-state index in [0.717, 1.165) is 30.4 Å². The number of amides is 1. The molecule has 8 nitrogen and oxygen atoms in total. The van der Waals surface area contributed by atoms with Crippen LogP contribution >= 0.6 is 23.1 Å². The fraction of sp³-hybridized carbons (Fsp3) is 0.462. The molecule has 0 spiro atoms. The monoisotopic (exact) mass is 525 g/mol. The van der Waals surface area contributed by atoms with Crippen molar-refractivity contribution in [2.45, 2.75) is 45.2 Å². The zero-order valence-electron chi connectivity index (χ0n) is 21.5. The molecule has 1 aliphatic rings. The first-order valence-corrected chi connectivity index (χ1v) is 13.6. The molecule has 4 rings (SSSR count). The van der Waals surface area contributed by atoms with Gasteiger partial charge in [0.2, 0.25) is 5.91 Å². The van der Waals surface area contributed by atoms with Gasteiger partial charge < -0.3 is 19.4 Å². The van der Waals surface area contributed by atoms with E-state index >= 15 is 0 Å². The summed E-state index contributed by atoms with van der Waals surface area (Å²) in [6.45, 7) is 6.80. The topological polar surface area (TPSA) is 102 Å². The number of carbonyl (C=O) groups excluding carboxylic acids is 1. The van der Waals surface area contributed by atoms with E-state index in [1.165, 1.54) is 16.6 Å². The Labute approximate surface area is 220 Å². The van der Waals surface area contributed by atoms with E-state index in [1.54, 1.807) is 25.6 Å². The van der Waals surface area contributed by atoms with Gasteiger partial charge in [0.15, 0.2) is 22.5 Å². The molecule has 0 saturated carbocycles. The SMILES string of the molecule is COc1ccc(-c2nnc(SCC(=O)Nc3sc4c(c3C#N)CCC(C(C)(C)C)C4)n2C)cc1OC. The maximum Gasteiger partial charge on any atom is 0.235 e. The van der Waals surface area contributed by atoms with Crippen molar-refractivity contribution < 1.29 is 14.3 Å². The molecule has 36 heavy (non-hydrogen) atoms. The molecular formula is C26H31N5O3S2. The first-order valence-electron chi connectivity index (χ1n) is 11.7. The predicted molar refractivity (Wildman–Crippen MR) is 143 cm³/mol. The number of ether oxygens (including phenoxy) is 2. The van der Waals surface area contributed by atoms with Crippen LogP contribution in [0, 0.1) is 22.7 Å². The molecule has 0 bridgehead atoms. The number of thiophene rings is 1. The van der Waals surface area contributed by atoms with E-state index in [9.17, 15) is 10.1 Å². The van der Waals surface area contributed by atoms with Gasteiger partial charge in [0.25, 0.3) is 0 Å². The van der Waals surface area contributed by atoms with Crippen molar-refractivity contribution in [3.05, 3.63) is 34.2 Å². The number of nitriles is 1. The van der Waals surface area contributed by atoms with Crippen LogP contribution < -0.4 is 14.8 Å². The van der Waals surface area contributed by atoms with Crippen molar-refractivity contribution in [3.63, 3.8) is 0 Å². The number of fused-ring (bicyclic) bond motifs is 1. The lowest BCUT2D eigenvalue weighted by molar-refractivity contribution is -0.113. The van der Waals surface area contributed by atoms with Gasteiger partial charge in [-0.2, -0.15) is 5.26 Å². The summed E-state index contributed by atoms with van der Waals surface area (Å²) in [5.41, 5.74) is 2.78. The van der Waals surface area contributed by atoms with Crippen LogP contribution in [0.3, 0.4) is 0 Å². The van der Waals surface area contributed by atoms with Gasteiger partial charge >= 0.3 is 0 Å².